The van der Waals surface area contributed by atoms with E-state index < -0.39 is 18.3 Å². The summed E-state index contributed by atoms with van der Waals surface area (Å²) in [6, 6.07) is 0. The van der Waals surface area contributed by atoms with E-state index in [0.717, 1.165) is 6.42 Å². The maximum atomic E-state index is 11.2. The maximum absolute atomic E-state index is 11.2. The van der Waals surface area contributed by atoms with Gasteiger partial charge in [0.05, 0.1) is 17.8 Å². The summed E-state index contributed by atoms with van der Waals surface area (Å²) in [5.41, 5.74) is -0.240. The van der Waals surface area contributed by atoms with E-state index in [-0.39, 0.29) is 11.7 Å². The highest BCUT2D eigenvalue weighted by atomic mass is 16.6. The van der Waals surface area contributed by atoms with Gasteiger partial charge in [-0.1, -0.05) is 6.08 Å². The summed E-state index contributed by atoms with van der Waals surface area (Å²) in [5.74, 6) is 0. The monoisotopic (exact) mass is 271 g/mol. The van der Waals surface area contributed by atoms with E-state index in [4.69, 9.17) is 9.47 Å². The van der Waals surface area contributed by atoms with Crippen molar-refractivity contribution in [3.63, 3.8) is 0 Å². The molecule has 0 radical (unpaired) electrons. The number of carbonyl (C=O) groups is 1. The molecule has 1 aliphatic carbocycles. The lowest BCUT2D eigenvalue weighted by molar-refractivity contribution is -0.0488. The molecule has 0 fully saturated rings. The molecule has 3 atom stereocenters. The molecule has 2 N–H and O–H groups in total. The topological polar surface area (TPSA) is 67.8 Å². The molecule has 1 amide bonds. The first kappa shape index (κ1) is 16.0. The Morgan fingerprint density at radius 1 is 1.26 bits per heavy atom. The standard InChI is InChI=1S/C14H25NO4/c1-14(2,3)19-11-6-5-10(16)9-12(8-7-11)18-13(17)15-4/h7-8,10-12,16H,5-6,9H2,1-4H3,(H,15,17)/b8-7+. The van der Waals surface area contributed by atoms with E-state index in [0.29, 0.717) is 12.8 Å². The summed E-state index contributed by atoms with van der Waals surface area (Å²) in [6.45, 7) is 5.98. The Balaban J connectivity index is 2.67. The fourth-order valence-electron chi connectivity index (χ4n) is 2.00. The van der Waals surface area contributed by atoms with Gasteiger partial charge in [0, 0.05) is 13.5 Å². The van der Waals surface area contributed by atoms with Gasteiger partial charge in [0.1, 0.15) is 6.10 Å². The van der Waals surface area contributed by atoms with Crippen molar-refractivity contribution in [2.75, 3.05) is 7.05 Å². The van der Waals surface area contributed by atoms with E-state index >= 15 is 0 Å². The maximum Gasteiger partial charge on any atom is 0.407 e. The molecular weight excluding hydrogens is 246 g/mol. The fourth-order valence-corrected chi connectivity index (χ4v) is 2.00. The second-order valence-electron chi connectivity index (χ2n) is 5.81. The first-order chi connectivity index (χ1) is 8.80. The number of hydrogen-bond donors (Lipinski definition) is 2. The van der Waals surface area contributed by atoms with E-state index in [2.05, 4.69) is 5.32 Å². The van der Waals surface area contributed by atoms with Crippen LogP contribution >= 0.6 is 0 Å². The van der Waals surface area contributed by atoms with Gasteiger partial charge in [-0.25, -0.2) is 4.79 Å². The van der Waals surface area contributed by atoms with Gasteiger partial charge in [-0.15, -0.1) is 0 Å². The van der Waals surface area contributed by atoms with Crippen LogP contribution in [0.5, 0.6) is 0 Å². The third kappa shape index (κ3) is 6.59. The highest BCUT2D eigenvalue weighted by molar-refractivity contribution is 5.67. The van der Waals surface area contributed by atoms with Crippen molar-refractivity contribution in [1.29, 1.82) is 0 Å². The summed E-state index contributed by atoms with van der Waals surface area (Å²) in [4.78, 5) is 11.2. The molecule has 110 valence electrons. The SMILES string of the molecule is CNC(=O)OC1/C=C/C(OC(C)(C)C)CCC(O)C1. The molecule has 5 nitrogen and oxygen atoms in total. The van der Waals surface area contributed by atoms with Gasteiger partial charge in [0.25, 0.3) is 0 Å². The van der Waals surface area contributed by atoms with Crippen LogP contribution < -0.4 is 5.32 Å². The van der Waals surface area contributed by atoms with Crippen LogP contribution in [-0.2, 0) is 9.47 Å². The van der Waals surface area contributed by atoms with Gasteiger partial charge in [-0.05, 0) is 39.7 Å². The van der Waals surface area contributed by atoms with E-state index in [1.165, 1.54) is 7.05 Å². The molecular formula is C14H25NO4. The average molecular weight is 271 g/mol. The number of carbonyl (C=O) groups excluding carboxylic acids is 1. The number of aliphatic hydroxyl groups excluding tert-OH is 1. The molecule has 0 aromatic rings. The van der Waals surface area contributed by atoms with Crippen molar-refractivity contribution in [3.05, 3.63) is 12.2 Å². The zero-order chi connectivity index (χ0) is 14.5. The van der Waals surface area contributed by atoms with Crippen molar-refractivity contribution in [1.82, 2.24) is 5.32 Å². The summed E-state index contributed by atoms with van der Waals surface area (Å²) in [7, 11) is 1.51. The molecule has 0 aliphatic heterocycles. The highest BCUT2D eigenvalue weighted by Gasteiger charge is 2.23. The molecule has 0 saturated carbocycles. The van der Waals surface area contributed by atoms with Crippen molar-refractivity contribution in [3.8, 4) is 0 Å². The Bertz CT molecular complexity index is 322. The molecule has 0 saturated heterocycles. The summed E-state index contributed by atoms with van der Waals surface area (Å²) < 4.78 is 11.1. The first-order valence-corrected chi connectivity index (χ1v) is 6.72. The Labute approximate surface area is 115 Å². The minimum absolute atomic E-state index is 0.0641. The first-order valence-electron chi connectivity index (χ1n) is 6.72. The molecule has 0 aromatic heterocycles. The van der Waals surface area contributed by atoms with Gasteiger partial charge in [-0.2, -0.15) is 0 Å². The number of ether oxygens (including phenoxy) is 2. The van der Waals surface area contributed by atoms with Crippen molar-refractivity contribution >= 4 is 6.09 Å². The van der Waals surface area contributed by atoms with Gasteiger partial charge >= 0.3 is 6.09 Å². The van der Waals surface area contributed by atoms with Crippen LogP contribution in [0.4, 0.5) is 4.79 Å². The Kier molecular flexibility index (Phi) is 5.82. The molecule has 0 aromatic carbocycles. The van der Waals surface area contributed by atoms with Gasteiger partial charge in [-0.3, -0.25) is 0 Å². The molecule has 19 heavy (non-hydrogen) atoms. The van der Waals surface area contributed by atoms with Crippen LogP contribution in [-0.4, -0.2) is 42.2 Å². The number of hydrogen-bond acceptors (Lipinski definition) is 4. The average Bonchev–Trinajstić information content (AvgIpc) is 2.28. The number of rotatable bonds is 2. The molecule has 0 bridgehead atoms. The summed E-state index contributed by atoms with van der Waals surface area (Å²) >= 11 is 0. The Morgan fingerprint density at radius 3 is 2.47 bits per heavy atom. The van der Waals surface area contributed by atoms with Crippen LogP contribution in [0.2, 0.25) is 0 Å². The van der Waals surface area contributed by atoms with Crippen LogP contribution in [0.25, 0.3) is 0 Å². The largest absolute Gasteiger partial charge is 0.442 e. The van der Waals surface area contributed by atoms with Gasteiger partial charge in [0.15, 0.2) is 0 Å². The number of aliphatic hydroxyl groups is 1. The van der Waals surface area contributed by atoms with E-state index in [1.807, 2.05) is 26.8 Å². The third-order valence-corrected chi connectivity index (χ3v) is 2.80. The van der Waals surface area contributed by atoms with Crippen LogP contribution in [0.15, 0.2) is 12.2 Å². The van der Waals surface area contributed by atoms with Crippen molar-refractivity contribution < 1.29 is 19.4 Å². The number of nitrogens with one attached hydrogen (secondary N) is 1. The van der Waals surface area contributed by atoms with Crippen LogP contribution in [0, 0.1) is 0 Å². The second-order valence-corrected chi connectivity index (χ2v) is 5.81. The van der Waals surface area contributed by atoms with Crippen molar-refractivity contribution in [2.24, 2.45) is 0 Å². The lowest BCUT2D eigenvalue weighted by Gasteiger charge is -2.28. The van der Waals surface area contributed by atoms with Crippen LogP contribution in [0.3, 0.4) is 0 Å². The second kappa shape index (κ2) is 6.91. The molecule has 5 heteroatoms. The molecule has 3 unspecified atom stereocenters. The van der Waals surface area contributed by atoms with Crippen LogP contribution in [0.1, 0.15) is 40.0 Å². The van der Waals surface area contributed by atoms with E-state index in [1.54, 1.807) is 6.08 Å². The quantitative estimate of drug-likeness (QED) is 0.754. The molecule has 0 spiro atoms. The summed E-state index contributed by atoms with van der Waals surface area (Å²) in [6.07, 6.45) is 4.10. The normalized spacial score (nSPS) is 30.1. The minimum Gasteiger partial charge on any atom is -0.442 e. The number of amides is 1. The lowest BCUT2D eigenvalue weighted by atomic mass is 9.99. The molecule has 1 rings (SSSR count). The lowest BCUT2D eigenvalue weighted by Crippen LogP contribution is -2.32. The zero-order valence-electron chi connectivity index (χ0n) is 12.2. The Hall–Kier alpha value is -1.07. The molecule has 0 heterocycles. The minimum atomic E-state index is -0.490. The fraction of sp³-hybridized carbons (Fsp3) is 0.786. The highest BCUT2D eigenvalue weighted by Crippen LogP contribution is 2.21. The number of alkyl carbamates (subject to hydrolysis) is 1. The summed E-state index contributed by atoms with van der Waals surface area (Å²) in [5, 5.41) is 12.3. The Morgan fingerprint density at radius 2 is 1.89 bits per heavy atom. The zero-order valence-corrected chi connectivity index (χ0v) is 12.2. The van der Waals surface area contributed by atoms with Gasteiger partial charge < -0.3 is 19.9 Å². The van der Waals surface area contributed by atoms with Gasteiger partial charge in [0.2, 0.25) is 0 Å². The predicted molar refractivity (Wildman–Crippen MR) is 73.0 cm³/mol. The molecule has 1 aliphatic rings. The predicted octanol–water partition coefficient (Wildman–Crippen LogP) is 2.00. The van der Waals surface area contributed by atoms with Crippen molar-refractivity contribution in [2.45, 2.75) is 63.9 Å². The van der Waals surface area contributed by atoms with E-state index in [9.17, 15) is 9.90 Å². The third-order valence-electron chi connectivity index (χ3n) is 2.80. The smallest absolute Gasteiger partial charge is 0.407 e.